The minimum atomic E-state index is -0.715. The molecular weight excluding hydrogens is 400 g/mol. The number of aliphatic hydroxyl groups excluding tert-OH is 1. The summed E-state index contributed by atoms with van der Waals surface area (Å²) in [4.78, 5) is 13.1. The van der Waals surface area contributed by atoms with Gasteiger partial charge in [-0.05, 0) is 62.3 Å². The monoisotopic (exact) mass is 442 g/mol. The summed E-state index contributed by atoms with van der Waals surface area (Å²) in [5, 5.41) is 10.9. The van der Waals surface area contributed by atoms with E-state index in [4.69, 9.17) is 9.47 Å². The van der Waals surface area contributed by atoms with Gasteiger partial charge in [-0.25, -0.2) is 0 Å². The molecule has 4 nitrogen and oxygen atoms in total. The van der Waals surface area contributed by atoms with Crippen LogP contribution in [0.4, 0.5) is 0 Å². The van der Waals surface area contributed by atoms with Gasteiger partial charge in [0.05, 0.1) is 18.6 Å². The minimum Gasteiger partial charge on any atom is -0.458 e. The average molecular weight is 443 g/mol. The number of hydrogen-bond acceptors (Lipinski definition) is 4. The number of carbonyl (C=O) groups excluding carboxylic acids is 1. The number of ether oxygens (including phenoxy) is 2. The van der Waals surface area contributed by atoms with E-state index < -0.39 is 12.0 Å². The summed E-state index contributed by atoms with van der Waals surface area (Å²) in [6.07, 6.45) is 12.6. The Bertz CT molecular complexity index is 703. The second-order valence-corrected chi connectivity index (χ2v) is 9.80. The highest BCUT2D eigenvalue weighted by atomic mass is 16.6. The van der Waals surface area contributed by atoms with Gasteiger partial charge in [-0.3, -0.25) is 4.79 Å². The van der Waals surface area contributed by atoms with Gasteiger partial charge in [0.1, 0.15) is 5.60 Å². The molecule has 1 aliphatic heterocycles. The topological polar surface area (TPSA) is 55.8 Å². The fourth-order valence-electron chi connectivity index (χ4n) is 5.76. The second-order valence-electron chi connectivity index (χ2n) is 9.80. The molecule has 1 spiro atoms. The summed E-state index contributed by atoms with van der Waals surface area (Å²) in [6, 6.07) is 10.1. The molecular formula is C28H42O4. The maximum atomic E-state index is 13.1. The van der Waals surface area contributed by atoms with E-state index in [0.717, 1.165) is 37.7 Å². The van der Waals surface area contributed by atoms with Crippen LogP contribution in [0.1, 0.15) is 83.1 Å². The highest BCUT2D eigenvalue weighted by Gasteiger charge is 2.53. The van der Waals surface area contributed by atoms with Crippen LogP contribution in [-0.4, -0.2) is 29.4 Å². The third-order valence-corrected chi connectivity index (χ3v) is 7.54. The number of rotatable bonds is 13. The van der Waals surface area contributed by atoms with E-state index in [9.17, 15) is 9.90 Å². The van der Waals surface area contributed by atoms with Gasteiger partial charge in [-0.2, -0.15) is 0 Å². The largest absolute Gasteiger partial charge is 0.458 e. The Morgan fingerprint density at radius 3 is 2.81 bits per heavy atom. The molecule has 5 atom stereocenters. The molecule has 3 rings (SSSR count). The quantitative estimate of drug-likeness (QED) is 0.224. The van der Waals surface area contributed by atoms with Gasteiger partial charge in [-0.1, -0.05) is 69.0 Å². The van der Waals surface area contributed by atoms with Gasteiger partial charge in [-0.15, -0.1) is 6.58 Å². The molecule has 1 aromatic rings. The minimum absolute atomic E-state index is 0.0206. The number of carbonyl (C=O) groups is 1. The van der Waals surface area contributed by atoms with Crippen molar-refractivity contribution in [2.24, 2.45) is 17.8 Å². The lowest BCUT2D eigenvalue weighted by atomic mass is 9.71. The summed E-state index contributed by atoms with van der Waals surface area (Å²) in [6.45, 7) is 7.38. The highest BCUT2D eigenvalue weighted by molar-refractivity contribution is 5.75. The summed E-state index contributed by atoms with van der Waals surface area (Å²) < 4.78 is 11.9. The number of esters is 1. The molecule has 1 heterocycles. The first kappa shape index (κ1) is 25.0. The van der Waals surface area contributed by atoms with E-state index in [1.54, 1.807) is 0 Å². The smallest absolute Gasteiger partial charge is 0.312 e. The zero-order valence-corrected chi connectivity index (χ0v) is 19.8. The van der Waals surface area contributed by atoms with Crippen LogP contribution in [0, 0.1) is 17.8 Å². The van der Waals surface area contributed by atoms with Crippen LogP contribution in [0.5, 0.6) is 0 Å². The van der Waals surface area contributed by atoms with Gasteiger partial charge in [0.25, 0.3) is 0 Å². The van der Waals surface area contributed by atoms with Crippen LogP contribution in [0.15, 0.2) is 43.0 Å². The van der Waals surface area contributed by atoms with Crippen LogP contribution in [0.3, 0.4) is 0 Å². The van der Waals surface area contributed by atoms with Crippen molar-refractivity contribution in [2.75, 3.05) is 6.61 Å². The summed E-state index contributed by atoms with van der Waals surface area (Å²) in [5.74, 6) is -0.295. The van der Waals surface area contributed by atoms with Crippen molar-refractivity contribution < 1.29 is 19.4 Å². The lowest BCUT2D eigenvalue weighted by Crippen LogP contribution is -2.51. The molecule has 2 fully saturated rings. The molecule has 2 aliphatic rings. The third-order valence-electron chi connectivity index (χ3n) is 7.54. The average Bonchev–Trinajstić information content (AvgIpc) is 3.17. The Morgan fingerprint density at radius 1 is 1.25 bits per heavy atom. The van der Waals surface area contributed by atoms with Crippen molar-refractivity contribution in [3.8, 4) is 0 Å². The molecule has 2 unspecified atom stereocenters. The number of hydrogen-bond donors (Lipinski definition) is 1. The molecule has 1 saturated carbocycles. The first-order chi connectivity index (χ1) is 15.6. The van der Waals surface area contributed by atoms with E-state index in [0.29, 0.717) is 32.0 Å². The van der Waals surface area contributed by atoms with Crippen LogP contribution >= 0.6 is 0 Å². The van der Waals surface area contributed by atoms with Crippen LogP contribution in [-0.2, 0) is 20.9 Å². The van der Waals surface area contributed by atoms with Crippen molar-refractivity contribution in [2.45, 2.75) is 95.9 Å². The zero-order chi connectivity index (χ0) is 22.8. The lowest BCUT2D eigenvalue weighted by Gasteiger charge is -2.45. The fraction of sp³-hybridized carbons (Fsp3) is 0.679. The Labute approximate surface area is 194 Å². The number of aliphatic hydroxyl groups is 1. The van der Waals surface area contributed by atoms with Crippen molar-refractivity contribution in [1.82, 2.24) is 0 Å². The molecule has 178 valence electrons. The highest BCUT2D eigenvalue weighted by Crippen LogP contribution is 2.50. The third kappa shape index (κ3) is 6.45. The van der Waals surface area contributed by atoms with Gasteiger partial charge >= 0.3 is 5.97 Å². The van der Waals surface area contributed by atoms with E-state index in [1.807, 2.05) is 36.4 Å². The molecule has 1 saturated heterocycles. The van der Waals surface area contributed by atoms with Crippen LogP contribution in [0.25, 0.3) is 0 Å². The lowest BCUT2D eigenvalue weighted by molar-refractivity contribution is -0.191. The predicted octanol–water partition coefficient (Wildman–Crippen LogP) is 6.22. The maximum absolute atomic E-state index is 13.1. The Hall–Kier alpha value is -1.65. The molecule has 1 aliphatic carbocycles. The second kappa shape index (κ2) is 12.6. The van der Waals surface area contributed by atoms with Gasteiger partial charge in [0.15, 0.2) is 0 Å². The van der Waals surface area contributed by atoms with Crippen molar-refractivity contribution >= 4 is 5.97 Å². The molecule has 1 N–H and O–H groups in total. The van der Waals surface area contributed by atoms with Crippen molar-refractivity contribution in [3.63, 3.8) is 0 Å². The molecule has 0 radical (unpaired) electrons. The van der Waals surface area contributed by atoms with Crippen molar-refractivity contribution in [3.05, 3.63) is 48.6 Å². The summed E-state index contributed by atoms with van der Waals surface area (Å²) >= 11 is 0. The first-order valence-electron chi connectivity index (χ1n) is 12.7. The number of allylic oxidation sites excluding steroid dienone is 1. The van der Waals surface area contributed by atoms with Gasteiger partial charge in [0.2, 0.25) is 0 Å². The maximum Gasteiger partial charge on any atom is 0.312 e. The fourth-order valence-corrected chi connectivity index (χ4v) is 5.76. The number of benzene rings is 1. The Kier molecular flexibility index (Phi) is 9.80. The van der Waals surface area contributed by atoms with Gasteiger partial charge in [0, 0.05) is 6.61 Å². The predicted molar refractivity (Wildman–Crippen MR) is 128 cm³/mol. The standard InChI is InChI=1S/C28H42O4/c1-3-5-6-10-15-24-16-11-18-28(24)20-23(4-2)26(27(30)32-28)25(29)17-12-19-31-21-22-13-8-7-9-14-22/h4,7-9,13-14,23-26,29H,2-3,5-6,10-12,15-21H2,1H3/t23-,24+,25?,26?,28-/m1/s1. The van der Waals surface area contributed by atoms with E-state index >= 15 is 0 Å². The van der Waals surface area contributed by atoms with Gasteiger partial charge < -0.3 is 14.6 Å². The number of unbranched alkanes of at least 4 members (excludes halogenated alkanes) is 3. The van der Waals surface area contributed by atoms with Crippen LogP contribution in [0.2, 0.25) is 0 Å². The van der Waals surface area contributed by atoms with Crippen LogP contribution < -0.4 is 0 Å². The van der Waals surface area contributed by atoms with E-state index in [1.165, 1.54) is 25.7 Å². The zero-order valence-electron chi connectivity index (χ0n) is 19.8. The molecule has 32 heavy (non-hydrogen) atoms. The van der Waals surface area contributed by atoms with E-state index in [-0.39, 0.29) is 17.5 Å². The Balaban J connectivity index is 1.49. The van der Waals surface area contributed by atoms with Crippen molar-refractivity contribution in [1.29, 1.82) is 0 Å². The SMILES string of the molecule is C=C[C@@H]1C[C@@]2(CCC[C@@H]2CCCCCC)OC(=O)C1C(O)CCCOCc1ccccc1. The molecule has 1 aromatic carbocycles. The molecule has 4 heteroatoms. The first-order valence-corrected chi connectivity index (χ1v) is 12.7. The van der Waals surface area contributed by atoms with E-state index in [2.05, 4.69) is 13.5 Å². The summed E-state index contributed by atoms with van der Waals surface area (Å²) in [5.41, 5.74) is 0.804. The summed E-state index contributed by atoms with van der Waals surface area (Å²) in [7, 11) is 0. The Morgan fingerprint density at radius 2 is 2.06 bits per heavy atom. The molecule has 0 bridgehead atoms. The molecule has 0 aromatic heterocycles. The molecule has 0 amide bonds. The normalized spacial score (nSPS) is 28.6.